The summed E-state index contributed by atoms with van der Waals surface area (Å²) in [6.45, 7) is 0.491. The molecule has 23 heavy (non-hydrogen) atoms. The zero-order chi connectivity index (χ0) is 15.2. The number of carbonyl (C=O) groups is 1. The van der Waals surface area contributed by atoms with Gasteiger partial charge in [-0.3, -0.25) is 4.79 Å². The molecule has 0 aliphatic heterocycles. The molecule has 4 fully saturated rings. The molecule has 4 bridgehead atoms. The number of hydrogen-bond acceptors (Lipinski definition) is 3. The van der Waals surface area contributed by atoms with Crippen molar-refractivity contribution < 1.29 is 9.53 Å². The summed E-state index contributed by atoms with van der Waals surface area (Å²) in [7, 11) is 0. The van der Waals surface area contributed by atoms with E-state index in [4.69, 9.17) is 10.5 Å². The fourth-order valence-electron chi connectivity index (χ4n) is 5.54. The molecule has 5 rings (SSSR count). The molecular weight excluding hydrogens is 310 g/mol. The van der Waals surface area contributed by atoms with Crippen molar-refractivity contribution in [1.82, 2.24) is 0 Å². The summed E-state index contributed by atoms with van der Waals surface area (Å²) in [5, 5.41) is 0. The van der Waals surface area contributed by atoms with E-state index >= 15 is 0 Å². The maximum absolute atomic E-state index is 12.8. The molecule has 3 nitrogen and oxygen atoms in total. The van der Waals surface area contributed by atoms with Crippen molar-refractivity contribution in [3.63, 3.8) is 0 Å². The van der Waals surface area contributed by atoms with E-state index in [2.05, 4.69) is 0 Å². The lowest BCUT2D eigenvalue weighted by Crippen LogP contribution is -2.50. The lowest BCUT2D eigenvalue weighted by atomic mass is 9.48. The van der Waals surface area contributed by atoms with E-state index in [0.29, 0.717) is 18.8 Å². The van der Waals surface area contributed by atoms with Crippen LogP contribution in [0.4, 0.5) is 5.69 Å². The van der Waals surface area contributed by atoms with Crippen molar-refractivity contribution in [2.45, 2.75) is 44.9 Å². The smallest absolute Gasteiger partial charge is 0.142 e. The van der Waals surface area contributed by atoms with Gasteiger partial charge in [-0.25, -0.2) is 0 Å². The first-order valence-electron chi connectivity index (χ1n) is 8.65. The molecule has 0 saturated heterocycles. The highest BCUT2D eigenvalue weighted by Crippen LogP contribution is 2.60. The Morgan fingerprint density at radius 3 is 2.09 bits per heavy atom. The Morgan fingerprint density at radius 2 is 1.57 bits per heavy atom. The highest BCUT2D eigenvalue weighted by molar-refractivity contribution is 5.85. The maximum Gasteiger partial charge on any atom is 0.142 e. The monoisotopic (exact) mass is 335 g/mol. The molecule has 4 aliphatic rings. The standard InChI is InChI=1S/C19H25NO2.ClH/c20-16-1-3-17(4-2-16)22-6-5-18(21)19-10-13-7-14(11-19)9-15(8-13)12-19;/h1-4,13-15H,5-12,20H2;1H. The molecule has 0 amide bonds. The number of benzene rings is 1. The fourth-order valence-corrected chi connectivity index (χ4v) is 5.54. The number of hydrogen-bond donors (Lipinski definition) is 1. The Hall–Kier alpha value is -1.22. The summed E-state index contributed by atoms with van der Waals surface area (Å²) >= 11 is 0. The highest BCUT2D eigenvalue weighted by Gasteiger charge is 2.53. The van der Waals surface area contributed by atoms with Crippen molar-refractivity contribution in [1.29, 1.82) is 0 Å². The first-order chi connectivity index (χ1) is 10.6. The van der Waals surface area contributed by atoms with E-state index in [1.807, 2.05) is 24.3 Å². The van der Waals surface area contributed by atoms with Gasteiger partial charge in [0.2, 0.25) is 0 Å². The topological polar surface area (TPSA) is 52.3 Å². The zero-order valence-corrected chi connectivity index (χ0v) is 14.3. The first kappa shape index (κ1) is 16.6. The third kappa shape index (κ3) is 3.21. The van der Waals surface area contributed by atoms with Crippen molar-refractivity contribution in [2.75, 3.05) is 12.3 Å². The molecule has 0 aromatic heterocycles. The van der Waals surface area contributed by atoms with Crippen molar-refractivity contribution in [3.8, 4) is 5.75 Å². The summed E-state index contributed by atoms with van der Waals surface area (Å²) in [6.07, 6.45) is 8.16. The lowest BCUT2D eigenvalue weighted by molar-refractivity contribution is -0.144. The highest BCUT2D eigenvalue weighted by atomic mass is 35.5. The molecule has 0 radical (unpaired) electrons. The van der Waals surface area contributed by atoms with Gasteiger partial charge in [0.15, 0.2) is 0 Å². The van der Waals surface area contributed by atoms with Gasteiger partial charge in [0.1, 0.15) is 11.5 Å². The summed E-state index contributed by atoms with van der Waals surface area (Å²) < 4.78 is 5.72. The van der Waals surface area contributed by atoms with Crippen LogP contribution in [0.2, 0.25) is 0 Å². The van der Waals surface area contributed by atoms with Gasteiger partial charge in [-0.05, 0) is 80.5 Å². The minimum Gasteiger partial charge on any atom is -0.493 e. The minimum absolute atomic E-state index is 0. The second-order valence-corrected chi connectivity index (χ2v) is 7.79. The average Bonchev–Trinajstić information content (AvgIpc) is 2.48. The molecule has 2 N–H and O–H groups in total. The van der Waals surface area contributed by atoms with Crippen LogP contribution in [0, 0.1) is 23.2 Å². The van der Waals surface area contributed by atoms with Crippen LogP contribution in [0.15, 0.2) is 24.3 Å². The second-order valence-electron chi connectivity index (χ2n) is 7.79. The number of rotatable bonds is 5. The maximum atomic E-state index is 12.8. The van der Waals surface area contributed by atoms with Gasteiger partial charge in [0.05, 0.1) is 6.61 Å². The quantitative estimate of drug-likeness (QED) is 0.818. The Bertz CT molecular complexity index is 534. The number of halogens is 1. The number of carbonyl (C=O) groups excluding carboxylic acids is 1. The van der Waals surface area contributed by atoms with Gasteiger partial charge in [-0.15, -0.1) is 12.4 Å². The van der Waals surface area contributed by atoms with E-state index in [9.17, 15) is 4.79 Å². The fraction of sp³-hybridized carbons (Fsp3) is 0.632. The van der Waals surface area contributed by atoms with Gasteiger partial charge in [0.25, 0.3) is 0 Å². The van der Waals surface area contributed by atoms with Crippen molar-refractivity contribution >= 4 is 23.9 Å². The number of Topliss-reactive ketones (excluding diaryl/α,β-unsaturated/α-hetero) is 1. The Labute approximate surface area is 144 Å². The predicted molar refractivity (Wildman–Crippen MR) is 93.8 cm³/mol. The summed E-state index contributed by atoms with van der Waals surface area (Å²) in [5.74, 6) is 3.74. The molecule has 0 unspecified atom stereocenters. The van der Waals surface area contributed by atoms with Crippen LogP contribution >= 0.6 is 12.4 Å². The summed E-state index contributed by atoms with van der Waals surface area (Å²) in [6, 6.07) is 7.39. The molecule has 1 aromatic carbocycles. The van der Waals surface area contributed by atoms with Crippen LogP contribution in [-0.4, -0.2) is 12.4 Å². The Morgan fingerprint density at radius 1 is 1.04 bits per heavy atom. The number of ketones is 1. The first-order valence-corrected chi connectivity index (χ1v) is 8.65. The SMILES string of the molecule is Cl.Nc1ccc(OCCC(=O)C23CC4CC(CC(C4)C2)C3)cc1. The third-order valence-corrected chi connectivity index (χ3v) is 6.11. The van der Waals surface area contributed by atoms with E-state index in [-0.39, 0.29) is 17.8 Å². The average molecular weight is 336 g/mol. The van der Waals surface area contributed by atoms with Gasteiger partial charge in [-0.1, -0.05) is 0 Å². The molecular formula is C19H26ClNO2. The number of ether oxygens (including phenoxy) is 1. The molecule has 0 spiro atoms. The van der Waals surface area contributed by atoms with Crippen LogP contribution in [0.3, 0.4) is 0 Å². The molecule has 126 valence electrons. The second kappa shape index (κ2) is 6.35. The molecule has 4 aliphatic carbocycles. The van der Waals surface area contributed by atoms with Crippen LogP contribution in [0.1, 0.15) is 44.9 Å². The van der Waals surface area contributed by atoms with Crippen LogP contribution in [0.5, 0.6) is 5.75 Å². The van der Waals surface area contributed by atoms with Crippen LogP contribution in [-0.2, 0) is 4.79 Å². The minimum atomic E-state index is 0. The number of nitrogens with two attached hydrogens (primary N) is 1. The van der Waals surface area contributed by atoms with Crippen molar-refractivity contribution in [3.05, 3.63) is 24.3 Å². The van der Waals surface area contributed by atoms with E-state index in [1.165, 1.54) is 19.3 Å². The summed E-state index contributed by atoms with van der Waals surface area (Å²) in [5.41, 5.74) is 6.41. The summed E-state index contributed by atoms with van der Waals surface area (Å²) in [4.78, 5) is 12.8. The molecule has 0 heterocycles. The van der Waals surface area contributed by atoms with Gasteiger partial charge < -0.3 is 10.5 Å². The molecule has 1 aromatic rings. The lowest BCUT2D eigenvalue weighted by Gasteiger charge is -2.56. The predicted octanol–water partition coefficient (Wildman–Crippen LogP) is 4.25. The van der Waals surface area contributed by atoms with Gasteiger partial charge >= 0.3 is 0 Å². The third-order valence-electron chi connectivity index (χ3n) is 6.11. The van der Waals surface area contributed by atoms with Gasteiger partial charge in [-0.2, -0.15) is 0 Å². The molecule has 4 saturated carbocycles. The number of anilines is 1. The normalized spacial score (nSPS) is 34.0. The van der Waals surface area contributed by atoms with Gasteiger partial charge in [0, 0.05) is 17.5 Å². The number of nitrogen functional groups attached to an aromatic ring is 1. The largest absolute Gasteiger partial charge is 0.493 e. The van der Waals surface area contributed by atoms with E-state index in [1.54, 1.807) is 0 Å². The Kier molecular flexibility index (Phi) is 4.59. The van der Waals surface area contributed by atoms with E-state index < -0.39 is 0 Å². The van der Waals surface area contributed by atoms with Crippen LogP contribution in [0.25, 0.3) is 0 Å². The molecule has 4 heteroatoms. The van der Waals surface area contributed by atoms with Crippen molar-refractivity contribution in [2.24, 2.45) is 23.2 Å². The van der Waals surface area contributed by atoms with E-state index in [0.717, 1.165) is 48.5 Å². The Balaban J connectivity index is 0.00000156. The molecule has 0 atom stereocenters. The zero-order valence-electron chi connectivity index (χ0n) is 13.5. The van der Waals surface area contributed by atoms with Crippen LogP contribution < -0.4 is 10.5 Å².